The highest BCUT2D eigenvalue weighted by molar-refractivity contribution is 7.11. The molecule has 5 rings (SSSR count). The van der Waals surface area contributed by atoms with Crippen LogP contribution in [0.15, 0.2) is 48.7 Å². The Hall–Kier alpha value is -3.49. The van der Waals surface area contributed by atoms with E-state index in [2.05, 4.69) is 43.0 Å². The molecule has 0 unspecified atom stereocenters. The number of nitrogens with zero attached hydrogens (tertiary/aromatic N) is 3. The van der Waals surface area contributed by atoms with E-state index in [1.807, 2.05) is 44.2 Å². The Morgan fingerprint density at radius 3 is 2.76 bits per heavy atom. The molecule has 0 radical (unpaired) electrons. The topological polar surface area (TPSA) is 91.8 Å². The predicted octanol–water partition coefficient (Wildman–Crippen LogP) is 5.97. The van der Waals surface area contributed by atoms with Crippen molar-refractivity contribution in [1.82, 2.24) is 15.0 Å². The monoisotopic (exact) mass is 490 g/mol. The highest BCUT2D eigenvalue weighted by Crippen LogP contribution is 2.29. The number of hydrogen-bond donors (Lipinski definition) is 3. The summed E-state index contributed by atoms with van der Waals surface area (Å²) >= 11 is 7.91. The second-order valence-electron chi connectivity index (χ2n) is 8.18. The molecular formula is C25H23ClN6OS. The number of anilines is 5. The van der Waals surface area contributed by atoms with Crippen molar-refractivity contribution in [3.05, 3.63) is 80.4 Å². The molecule has 4 aromatic rings. The lowest BCUT2D eigenvalue weighted by Gasteiger charge is -2.14. The van der Waals surface area contributed by atoms with Crippen molar-refractivity contribution < 1.29 is 4.79 Å². The van der Waals surface area contributed by atoms with Crippen molar-refractivity contribution in [2.75, 3.05) is 16.0 Å². The summed E-state index contributed by atoms with van der Waals surface area (Å²) in [5.74, 6) is 0.913. The second kappa shape index (κ2) is 9.40. The Balaban J connectivity index is 1.47. The normalized spacial score (nSPS) is 12.4. The molecule has 7 nitrogen and oxygen atoms in total. The molecule has 0 fully saturated rings. The third kappa shape index (κ3) is 5.03. The summed E-state index contributed by atoms with van der Waals surface area (Å²) in [4.78, 5) is 27.1. The summed E-state index contributed by atoms with van der Waals surface area (Å²) in [7, 11) is 0. The molecule has 1 amide bonds. The largest absolute Gasteiger partial charge is 0.339 e. The Morgan fingerprint density at radius 2 is 1.94 bits per heavy atom. The molecule has 0 spiro atoms. The first kappa shape index (κ1) is 22.3. The maximum absolute atomic E-state index is 12.9. The average molecular weight is 491 g/mol. The number of hydrogen-bond acceptors (Lipinski definition) is 7. The Kier molecular flexibility index (Phi) is 6.17. The number of thiazole rings is 1. The molecule has 3 heterocycles. The molecule has 2 aromatic carbocycles. The predicted molar refractivity (Wildman–Crippen MR) is 138 cm³/mol. The molecule has 0 aliphatic carbocycles. The van der Waals surface area contributed by atoms with Gasteiger partial charge >= 0.3 is 0 Å². The van der Waals surface area contributed by atoms with Crippen LogP contribution in [0.1, 0.15) is 26.7 Å². The number of rotatable bonds is 3. The molecule has 0 saturated carbocycles. The number of fused-ring (bicyclic) bond motifs is 6. The molecule has 1 aliphatic heterocycles. The number of benzene rings is 2. The van der Waals surface area contributed by atoms with Crippen LogP contribution in [0.3, 0.4) is 0 Å². The van der Waals surface area contributed by atoms with Gasteiger partial charge in [0.1, 0.15) is 5.02 Å². The molecule has 34 heavy (non-hydrogen) atoms. The first-order valence-electron chi connectivity index (χ1n) is 10.9. The van der Waals surface area contributed by atoms with Crippen LogP contribution in [-0.4, -0.2) is 20.9 Å². The van der Waals surface area contributed by atoms with Crippen LogP contribution >= 0.6 is 22.9 Å². The number of aryl methyl sites for hydroxylation is 4. The van der Waals surface area contributed by atoms with Crippen LogP contribution in [0.4, 0.5) is 28.8 Å². The molecule has 0 atom stereocenters. The zero-order valence-corrected chi connectivity index (χ0v) is 20.3. The van der Waals surface area contributed by atoms with Gasteiger partial charge in [-0.1, -0.05) is 23.7 Å². The first-order valence-corrected chi connectivity index (χ1v) is 12.1. The van der Waals surface area contributed by atoms with Gasteiger partial charge in [0.2, 0.25) is 11.9 Å². The second-order valence-corrected chi connectivity index (χ2v) is 9.87. The number of nitrogens with one attached hydrogen (secondary N) is 3. The van der Waals surface area contributed by atoms with Crippen LogP contribution < -0.4 is 16.0 Å². The standard InChI is InChI=1S/C25H23ClN6OS/c1-14-22(34-15(2)28-14)12-23(33)31-21-9-8-19-11-17(21)7-6-16-4-3-5-18(10-16)30-25-27-13-20(26)24(29-19)32-25/h3-5,8-11,13H,6-7,12H2,1-2H3,(H,31,33)(H2,27,29,30,32). The van der Waals surface area contributed by atoms with Crippen molar-refractivity contribution in [3.8, 4) is 0 Å². The summed E-state index contributed by atoms with van der Waals surface area (Å²) in [5, 5.41) is 11.0. The SMILES string of the molecule is Cc1nc(C)c(CC(=O)Nc2ccc3cc2CCc2cccc(c2)Nc2ncc(Cl)c(n2)N3)s1. The van der Waals surface area contributed by atoms with Gasteiger partial charge in [0, 0.05) is 21.9 Å². The Labute approximate surface area is 206 Å². The number of aromatic nitrogens is 3. The van der Waals surface area contributed by atoms with Crippen molar-refractivity contribution in [2.45, 2.75) is 33.1 Å². The number of carbonyl (C=O) groups excluding carboxylic acids is 1. The van der Waals surface area contributed by atoms with Gasteiger partial charge in [0.15, 0.2) is 5.82 Å². The summed E-state index contributed by atoms with van der Waals surface area (Å²) in [6, 6.07) is 14.0. The van der Waals surface area contributed by atoms with E-state index < -0.39 is 0 Å². The summed E-state index contributed by atoms with van der Waals surface area (Å²) in [6.45, 7) is 3.90. The number of amides is 1. The van der Waals surface area contributed by atoms with E-state index in [0.29, 0.717) is 23.2 Å². The zero-order chi connectivity index (χ0) is 23.7. The van der Waals surface area contributed by atoms with Gasteiger partial charge in [-0.15, -0.1) is 11.3 Å². The molecule has 6 bridgehead atoms. The van der Waals surface area contributed by atoms with E-state index in [1.165, 1.54) is 5.56 Å². The van der Waals surface area contributed by atoms with Crippen molar-refractivity contribution in [2.24, 2.45) is 0 Å². The lowest BCUT2D eigenvalue weighted by molar-refractivity contribution is -0.115. The number of carbonyl (C=O) groups is 1. The van der Waals surface area contributed by atoms with E-state index in [0.717, 1.165) is 51.0 Å². The Bertz CT molecular complexity index is 1390. The summed E-state index contributed by atoms with van der Waals surface area (Å²) in [5.41, 5.74) is 5.65. The summed E-state index contributed by atoms with van der Waals surface area (Å²) in [6.07, 6.45) is 3.45. The quantitative estimate of drug-likeness (QED) is 0.327. The lowest BCUT2D eigenvalue weighted by Crippen LogP contribution is -2.16. The first-order chi connectivity index (χ1) is 16.4. The van der Waals surface area contributed by atoms with Gasteiger partial charge in [-0.05, 0) is 68.1 Å². The number of halogens is 1. The molecule has 3 N–H and O–H groups in total. The van der Waals surface area contributed by atoms with Gasteiger partial charge in [0.05, 0.1) is 23.3 Å². The van der Waals surface area contributed by atoms with E-state index in [-0.39, 0.29) is 5.91 Å². The van der Waals surface area contributed by atoms with Gasteiger partial charge in [-0.3, -0.25) is 4.79 Å². The Morgan fingerprint density at radius 1 is 1.09 bits per heavy atom. The molecule has 0 saturated heterocycles. The highest BCUT2D eigenvalue weighted by atomic mass is 35.5. The van der Waals surface area contributed by atoms with Crippen LogP contribution in [0.5, 0.6) is 0 Å². The third-order valence-corrected chi connectivity index (χ3v) is 6.92. The van der Waals surface area contributed by atoms with Gasteiger partial charge in [0.25, 0.3) is 0 Å². The maximum Gasteiger partial charge on any atom is 0.229 e. The fourth-order valence-corrected chi connectivity index (χ4v) is 5.02. The van der Waals surface area contributed by atoms with Gasteiger partial charge < -0.3 is 16.0 Å². The fourth-order valence-electron chi connectivity index (χ4n) is 3.94. The summed E-state index contributed by atoms with van der Waals surface area (Å²) < 4.78 is 0. The molecule has 2 aromatic heterocycles. The van der Waals surface area contributed by atoms with Crippen molar-refractivity contribution in [3.63, 3.8) is 0 Å². The minimum absolute atomic E-state index is 0.0543. The van der Waals surface area contributed by atoms with E-state index in [1.54, 1.807) is 17.5 Å². The minimum atomic E-state index is -0.0543. The minimum Gasteiger partial charge on any atom is -0.339 e. The van der Waals surface area contributed by atoms with Crippen LogP contribution in [0.2, 0.25) is 5.02 Å². The van der Waals surface area contributed by atoms with Crippen LogP contribution in [0.25, 0.3) is 0 Å². The molecule has 172 valence electrons. The van der Waals surface area contributed by atoms with Crippen LogP contribution in [0, 0.1) is 13.8 Å². The van der Waals surface area contributed by atoms with Gasteiger partial charge in [-0.2, -0.15) is 4.98 Å². The van der Waals surface area contributed by atoms with Crippen LogP contribution in [-0.2, 0) is 24.1 Å². The molecular weight excluding hydrogens is 468 g/mol. The molecule has 1 aliphatic rings. The smallest absolute Gasteiger partial charge is 0.229 e. The van der Waals surface area contributed by atoms with Crippen molar-refractivity contribution >= 4 is 57.7 Å². The van der Waals surface area contributed by atoms with E-state index in [4.69, 9.17) is 11.6 Å². The maximum atomic E-state index is 12.9. The third-order valence-electron chi connectivity index (χ3n) is 5.57. The lowest BCUT2D eigenvalue weighted by atomic mass is 10.0. The fraction of sp³-hybridized carbons (Fsp3) is 0.200. The average Bonchev–Trinajstić information content (AvgIpc) is 3.12. The van der Waals surface area contributed by atoms with E-state index in [9.17, 15) is 4.79 Å². The molecule has 9 heteroatoms. The highest BCUT2D eigenvalue weighted by Gasteiger charge is 2.15. The van der Waals surface area contributed by atoms with E-state index >= 15 is 0 Å². The van der Waals surface area contributed by atoms with Gasteiger partial charge in [-0.25, -0.2) is 9.97 Å². The van der Waals surface area contributed by atoms with Crippen molar-refractivity contribution in [1.29, 1.82) is 0 Å². The zero-order valence-electron chi connectivity index (χ0n) is 18.8.